The highest BCUT2D eigenvalue weighted by atomic mass is 35.5. The van der Waals surface area contributed by atoms with Gasteiger partial charge in [-0.3, -0.25) is 9.48 Å². The van der Waals surface area contributed by atoms with Crippen molar-refractivity contribution >= 4 is 17.5 Å². The molecule has 5 heteroatoms. The van der Waals surface area contributed by atoms with E-state index in [1.807, 2.05) is 10.9 Å². The Labute approximate surface area is 93.6 Å². The van der Waals surface area contributed by atoms with Crippen LogP contribution in [0, 0.1) is 0 Å². The van der Waals surface area contributed by atoms with Gasteiger partial charge in [0, 0.05) is 12.7 Å². The van der Waals surface area contributed by atoms with Crippen molar-refractivity contribution in [1.29, 1.82) is 0 Å². The van der Waals surface area contributed by atoms with Gasteiger partial charge in [0.2, 0.25) is 5.91 Å². The lowest BCUT2D eigenvalue weighted by Gasteiger charge is -2.02. The molecule has 1 aliphatic carbocycles. The number of alkyl halides is 1. The Hall–Kier alpha value is -1.03. The molecule has 1 aliphatic rings. The summed E-state index contributed by atoms with van der Waals surface area (Å²) in [6.45, 7) is 1.28. The van der Waals surface area contributed by atoms with E-state index in [4.69, 9.17) is 11.6 Å². The van der Waals surface area contributed by atoms with Gasteiger partial charge < -0.3 is 5.32 Å². The van der Waals surface area contributed by atoms with Crippen molar-refractivity contribution in [3.8, 4) is 0 Å². The average molecular weight is 228 g/mol. The van der Waals surface area contributed by atoms with Crippen LogP contribution >= 0.6 is 11.6 Å². The third-order valence-corrected chi connectivity index (χ3v) is 2.73. The summed E-state index contributed by atoms with van der Waals surface area (Å²) in [6, 6.07) is 0. The summed E-state index contributed by atoms with van der Waals surface area (Å²) in [7, 11) is 0. The fraction of sp³-hybridized carbons (Fsp3) is 0.600. The lowest BCUT2D eigenvalue weighted by atomic mass is 10.2. The zero-order valence-corrected chi connectivity index (χ0v) is 9.20. The van der Waals surface area contributed by atoms with E-state index in [9.17, 15) is 4.79 Å². The lowest BCUT2D eigenvalue weighted by molar-refractivity contribution is -0.118. The first-order valence-electron chi connectivity index (χ1n) is 5.14. The molecule has 82 valence electrons. The Morgan fingerprint density at radius 3 is 3.13 bits per heavy atom. The maximum atomic E-state index is 10.9. The predicted octanol–water partition coefficient (Wildman–Crippen LogP) is 1.12. The van der Waals surface area contributed by atoms with Crippen molar-refractivity contribution in [3.63, 3.8) is 0 Å². The molecule has 1 aromatic rings. The summed E-state index contributed by atoms with van der Waals surface area (Å²) in [5.74, 6) is 0.620. The third kappa shape index (κ3) is 2.96. The number of nitrogens with zero attached hydrogens (tertiary/aromatic N) is 2. The molecule has 1 heterocycles. The van der Waals surface area contributed by atoms with Crippen molar-refractivity contribution in [2.24, 2.45) is 0 Å². The summed E-state index contributed by atoms with van der Waals surface area (Å²) >= 11 is 5.35. The van der Waals surface area contributed by atoms with E-state index in [-0.39, 0.29) is 11.8 Å². The van der Waals surface area contributed by atoms with E-state index in [1.54, 1.807) is 0 Å². The first-order valence-corrected chi connectivity index (χ1v) is 5.68. The SMILES string of the molecule is O=C(CCl)NCCn1cc(C2CC2)cn1. The van der Waals surface area contributed by atoms with Gasteiger partial charge in [-0.25, -0.2) is 0 Å². The van der Waals surface area contributed by atoms with E-state index in [1.165, 1.54) is 18.4 Å². The highest BCUT2D eigenvalue weighted by Crippen LogP contribution is 2.39. The zero-order valence-electron chi connectivity index (χ0n) is 8.45. The van der Waals surface area contributed by atoms with E-state index < -0.39 is 0 Å². The standard InChI is InChI=1S/C10H14ClN3O/c11-5-10(15)12-3-4-14-7-9(6-13-14)8-1-2-8/h6-8H,1-5H2,(H,12,15). The van der Waals surface area contributed by atoms with E-state index in [2.05, 4.69) is 16.6 Å². The second-order valence-electron chi connectivity index (χ2n) is 3.79. The molecule has 1 amide bonds. The van der Waals surface area contributed by atoms with E-state index in [0.717, 1.165) is 5.92 Å². The molecule has 1 fully saturated rings. The number of hydrogen-bond donors (Lipinski definition) is 1. The number of halogens is 1. The van der Waals surface area contributed by atoms with Crippen LogP contribution in [0.2, 0.25) is 0 Å². The minimum Gasteiger partial charge on any atom is -0.353 e. The normalized spacial score (nSPS) is 15.3. The molecule has 1 saturated carbocycles. The molecule has 0 spiro atoms. The molecule has 0 unspecified atom stereocenters. The fourth-order valence-electron chi connectivity index (χ4n) is 1.49. The van der Waals surface area contributed by atoms with Crippen LogP contribution in [-0.2, 0) is 11.3 Å². The number of nitrogens with one attached hydrogen (secondary N) is 1. The van der Waals surface area contributed by atoms with Crippen LogP contribution in [-0.4, -0.2) is 28.1 Å². The third-order valence-electron chi connectivity index (χ3n) is 2.49. The summed E-state index contributed by atoms with van der Waals surface area (Å²) in [6.07, 6.45) is 6.55. The maximum Gasteiger partial charge on any atom is 0.234 e. The Balaban J connectivity index is 1.75. The van der Waals surface area contributed by atoms with Gasteiger partial charge >= 0.3 is 0 Å². The Kier molecular flexibility index (Phi) is 3.26. The van der Waals surface area contributed by atoms with Crippen LogP contribution in [0.25, 0.3) is 0 Å². The Morgan fingerprint density at radius 2 is 2.47 bits per heavy atom. The van der Waals surface area contributed by atoms with Crippen LogP contribution in [0.5, 0.6) is 0 Å². The van der Waals surface area contributed by atoms with Gasteiger partial charge in [0.15, 0.2) is 0 Å². The van der Waals surface area contributed by atoms with Gasteiger partial charge in [0.1, 0.15) is 5.88 Å². The van der Waals surface area contributed by atoms with Gasteiger partial charge in [-0.15, -0.1) is 11.6 Å². The number of hydrogen-bond acceptors (Lipinski definition) is 2. The largest absolute Gasteiger partial charge is 0.353 e. The molecule has 4 nitrogen and oxygen atoms in total. The molecule has 0 bridgehead atoms. The predicted molar refractivity (Wildman–Crippen MR) is 57.9 cm³/mol. The van der Waals surface area contributed by atoms with Gasteiger partial charge in [0.05, 0.1) is 12.7 Å². The fourth-order valence-corrected chi connectivity index (χ4v) is 1.58. The van der Waals surface area contributed by atoms with Gasteiger partial charge in [-0.2, -0.15) is 5.10 Å². The summed E-state index contributed by atoms with van der Waals surface area (Å²) in [4.78, 5) is 10.9. The molecular weight excluding hydrogens is 214 g/mol. The maximum absolute atomic E-state index is 10.9. The molecule has 2 rings (SSSR count). The van der Waals surface area contributed by atoms with Crippen molar-refractivity contribution < 1.29 is 4.79 Å². The first-order chi connectivity index (χ1) is 7.29. The molecular formula is C10H14ClN3O. The second-order valence-corrected chi connectivity index (χ2v) is 4.06. The summed E-state index contributed by atoms with van der Waals surface area (Å²) < 4.78 is 1.86. The number of carbonyl (C=O) groups excluding carboxylic acids is 1. The second kappa shape index (κ2) is 4.66. The van der Waals surface area contributed by atoms with Crippen molar-refractivity contribution in [1.82, 2.24) is 15.1 Å². The van der Waals surface area contributed by atoms with Crippen LogP contribution in [0.4, 0.5) is 0 Å². The minimum absolute atomic E-state index is 0.0203. The van der Waals surface area contributed by atoms with Crippen LogP contribution in [0.1, 0.15) is 24.3 Å². The number of rotatable bonds is 5. The first kappa shape index (κ1) is 10.5. The number of amides is 1. The Morgan fingerprint density at radius 1 is 1.67 bits per heavy atom. The van der Waals surface area contributed by atoms with Gasteiger partial charge in [0.25, 0.3) is 0 Å². The van der Waals surface area contributed by atoms with Crippen molar-refractivity contribution in [2.75, 3.05) is 12.4 Å². The van der Waals surface area contributed by atoms with Gasteiger partial charge in [-0.1, -0.05) is 0 Å². The van der Waals surface area contributed by atoms with E-state index >= 15 is 0 Å². The quantitative estimate of drug-likeness (QED) is 0.767. The van der Waals surface area contributed by atoms with Crippen LogP contribution < -0.4 is 5.32 Å². The summed E-state index contributed by atoms with van der Waals surface area (Å²) in [5, 5.41) is 6.94. The molecule has 1 N–H and O–H groups in total. The van der Waals surface area contributed by atoms with Crippen LogP contribution in [0.3, 0.4) is 0 Å². The average Bonchev–Trinajstić information content (AvgIpc) is 2.99. The van der Waals surface area contributed by atoms with Crippen LogP contribution in [0.15, 0.2) is 12.4 Å². The number of carbonyl (C=O) groups is 1. The lowest BCUT2D eigenvalue weighted by Crippen LogP contribution is -2.28. The molecule has 15 heavy (non-hydrogen) atoms. The molecule has 0 aromatic carbocycles. The van der Waals surface area contributed by atoms with Crippen molar-refractivity contribution in [2.45, 2.75) is 25.3 Å². The van der Waals surface area contributed by atoms with E-state index in [0.29, 0.717) is 13.1 Å². The molecule has 0 atom stereocenters. The minimum atomic E-state index is -0.133. The highest BCUT2D eigenvalue weighted by molar-refractivity contribution is 6.27. The summed E-state index contributed by atoms with van der Waals surface area (Å²) in [5.41, 5.74) is 1.32. The molecule has 0 radical (unpaired) electrons. The molecule has 0 saturated heterocycles. The molecule has 1 aromatic heterocycles. The van der Waals surface area contributed by atoms with Gasteiger partial charge in [-0.05, 0) is 24.3 Å². The molecule has 0 aliphatic heterocycles. The monoisotopic (exact) mass is 227 g/mol. The Bertz CT molecular complexity index is 346. The smallest absolute Gasteiger partial charge is 0.234 e. The highest BCUT2D eigenvalue weighted by Gasteiger charge is 2.24. The topological polar surface area (TPSA) is 46.9 Å². The number of aromatic nitrogens is 2. The van der Waals surface area contributed by atoms with Crippen molar-refractivity contribution in [3.05, 3.63) is 18.0 Å². The zero-order chi connectivity index (χ0) is 10.7.